The van der Waals surface area contributed by atoms with Crippen LogP contribution in [0.25, 0.3) is 10.6 Å². The van der Waals surface area contributed by atoms with Crippen LogP contribution in [-0.2, 0) is 6.54 Å². The Balaban J connectivity index is 2.00. The van der Waals surface area contributed by atoms with Gasteiger partial charge >= 0.3 is 0 Å². The van der Waals surface area contributed by atoms with E-state index < -0.39 is 0 Å². The van der Waals surface area contributed by atoms with Crippen molar-refractivity contribution in [2.24, 2.45) is 0 Å². The summed E-state index contributed by atoms with van der Waals surface area (Å²) in [5.41, 5.74) is 2.29. The zero-order valence-corrected chi connectivity index (χ0v) is 11.7. The summed E-state index contributed by atoms with van der Waals surface area (Å²) >= 11 is 12.6. The molecule has 0 saturated carbocycles. The van der Waals surface area contributed by atoms with Crippen molar-refractivity contribution < 1.29 is 0 Å². The first-order chi connectivity index (χ1) is 8.72. The third kappa shape index (κ3) is 2.32. The van der Waals surface area contributed by atoms with Gasteiger partial charge in [0.15, 0.2) is 0 Å². The van der Waals surface area contributed by atoms with Crippen LogP contribution in [0.2, 0.25) is 5.15 Å². The summed E-state index contributed by atoms with van der Waals surface area (Å²) in [6.07, 6.45) is 3.85. The largest absolute Gasteiger partial charge is 0.342 e. The Morgan fingerprint density at radius 1 is 1.33 bits per heavy atom. The number of fused-ring (bicyclic) bond motifs is 1. The van der Waals surface area contributed by atoms with E-state index in [1.54, 1.807) is 17.5 Å². The molecule has 0 spiro atoms. The molecule has 0 N–H and O–H groups in total. The summed E-state index contributed by atoms with van der Waals surface area (Å²) in [4.78, 5) is 5.31. The molecule has 0 amide bonds. The van der Waals surface area contributed by atoms with Crippen LogP contribution in [0.1, 0.15) is 5.56 Å². The van der Waals surface area contributed by atoms with Crippen molar-refractivity contribution in [3.8, 4) is 10.6 Å². The van der Waals surface area contributed by atoms with Gasteiger partial charge in [0.25, 0.3) is 0 Å². The van der Waals surface area contributed by atoms with Crippen LogP contribution < -0.4 is 0 Å². The van der Waals surface area contributed by atoms with Gasteiger partial charge in [0.1, 0.15) is 5.15 Å². The highest BCUT2D eigenvalue weighted by atomic mass is 35.5. The summed E-state index contributed by atoms with van der Waals surface area (Å²) in [5, 5.41) is 0.519. The molecule has 3 rings (SSSR count). The molecule has 0 aliphatic carbocycles. The molecule has 90 valence electrons. The fourth-order valence-corrected chi connectivity index (χ4v) is 3.17. The maximum absolute atomic E-state index is 5.78. The van der Waals surface area contributed by atoms with Crippen molar-refractivity contribution in [1.29, 1.82) is 0 Å². The lowest BCUT2D eigenvalue weighted by Gasteiger charge is -2.11. The van der Waals surface area contributed by atoms with Crippen molar-refractivity contribution in [1.82, 2.24) is 9.55 Å². The summed E-state index contributed by atoms with van der Waals surface area (Å²) in [7, 11) is 0. The minimum atomic E-state index is 0.519. The molecule has 2 aliphatic heterocycles. The fraction of sp³-hybridized carbons (Fsp3) is 0.0769. The Labute approximate surface area is 119 Å². The molecule has 0 fully saturated rings. The van der Waals surface area contributed by atoms with Gasteiger partial charge in [0.05, 0.1) is 14.4 Å². The van der Waals surface area contributed by atoms with Gasteiger partial charge in [0, 0.05) is 18.9 Å². The van der Waals surface area contributed by atoms with Gasteiger partial charge in [0.2, 0.25) is 0 Å². The van der Waals surface area contributed by atoms with Gasteiger partial charge in [-0.05, 0) is 29.8 Å². The van der Waals surface area contributed by atoms with Crippen LogP contribution in [0, 0.1) is 3.82 Å². The van der Waals surface area contributed by atoms with Gasteiger partial charge in [-0.1, -0.05) is 29.9 Å². The van der Waals surface area contributed by atoms with Gasteiger partial charge in [-0.3, -0.25) is 0 Å². The molecule has 0 bridgehead atoms. The molecule has 3 heterocycles. The van der Waals surface area contributed by atoms with E-state index in [0.29, 0.717) is 5.15 Å². The first-order valence-corrected chi connectivity index (χ1v) is 7.02. The molecule has 0 aromatic carbocycles. The highest BCUT2D eigenvalue weighted by molar-refractivity contribution is 7.73. The van der Waals surface area contributed by atoms with E-state index in [1.165, 1.54) is 10.6 Å². The molecule has 2 nitrogen and oxygen atoms in total. The predicted octanol–water partition coefficient (Wildman–Crippen LogP) is 4.48. The summed E-state index contributed by atoms with van der Waals surface area (Å²) < 4.78 is 3.09. The van der Waals surface area contributed by atoms with E-state index >= 15 is 0 Å². The maximum atomic E-state index is 5.78. The third-order valence-electron chi connectivity index (χ3n) is 2.68. The van der Waals surface area contributed by atoms with Crippen molar-refractivity contribution in [3.63, 3.8) is 0 Å². The average molecular weight is 293 g/mol. The highest BCUT2D eigenvalue weighted by Gasteiger charge is 2.08. The number of pyridine rings is 2. The molecule has 1 aromatic heterocycles. The molecule has 18 heavy (non-hydrogen) atoms. The number of halogens is 1. The minimum Gasteiger partial charge on any atom is -0.342 e. The molecule has 0 atom stereocenters. The fourth-order valence-electron chi connectivity index (χ4n) is 1.87. The minimum absolute atomic E-state index is 0.519. The quantitative estimate of drug-likeness (QED) is 0.512. The van der Waals surface area contributed by atoms with E-state index in [2.05, 4.69) is 21.8 Å². The predicted molar refractivity (Wildman–Crippen MR) is 78.1 cm³/mol. The number of rotatable bonds is 2. The number of hydrogen-bond donors (Lipinski definition) is 0. The number of aromatic nitrogens is 2. The van der Waals surface area contributed by atoms with E-state index in [-0.39, 0.29) is 0 Å². The molecular formula is C13H9ClN2S2. The molecule has 0 saturated heterocycles. The third-order valence-corrected chi connectivity index (χ3v) is 4.16. The molecular weight excluding hydrogens is 284 g/mol. The van der Waals surface area contributed by atoms with Crippen LogP contribution in [0.15, 0.2) is 42.7 Å². The lowest BCUT2D eigenvalue weighted by molar-refractivity contribution is 0.798. The lowest BCUT2D eigenvalue weighted by atomic mass is 10.2. The summed E-state index contributed by atoms with van der Waals surface area (Å²) in [6, 6.07) is 9.97. The van der Waals surface area contributed by atoms with Crippen molar-refractivity contribution in [2.45, 2.75) is 6.54 Å². The standard InChI is InChI=1S/C13H9ClN2S2/c14-12-4-3-9(7-15-12)8-16-5-1-2-11-10(16)6-13(17)18-11/h1-7H,8H2. The molecule has 0 unspecified atom stereocenters. The van der Waals surface area contributed by atoms with Crippen LogP contribution in [0.5, 0.6) is 0 Å². The lowest BCUT2D eigenvalue weighted by Crippen LogP contribution is -2.03. The van der Waals surface area contributed by atoms with Gasteiger partial charge in [-0.15, -0.1) is 11.3 Å². The van der Waals surface area contributed by atoms with E-state index in [9.17, 15) is 0 Å². The smallest absolute Gasteiger partial charge is 0.129 e. The van der Waals surface area contributed by atoms with Gasteiger partial charge in [-0.25, -0.2) is 4.98 Å². The van der Waals surface area contributed by atoms with E-state index in [0.717, 1.165) is 15.9 Å². The van der Waals surface area contributed by atoms with Gasteiger partial charge in [-0.2, -0.15) is 0 Å². The molecule has 2 aliphatic rings. The maximum Gasteiger partial charge on any atom is 0.129 e. The van der Waals surface area contributed by atoms with Crippen molar-refractivity contribution in [2.75, 3.05) is 0 Å². The second kappa shape index (κ2) is 4.80. The zero-order chi connectivity index (χ0) is 12.5. The van der Waals surface area contributed by atoms with Crippen molar-refractivity contribution >= 4 is 35.2 Å². The van der Waals surface area contributed by atoms with Crippen LogP contribution >= 0.6 is 35.2 Å². The van der Waals surface area contributed by atoms with Gasteiger partial charge < -0.3 is 4.57 Å². The van der Waals surface area contributed by atoms with E-state index in [4.69, 9.17) is 23.8 Å². The first kappa shape index (κ1) is 11.8. The molecule has 1 aromatic rings. The number of hydrogen-bond acceptors (Lipinski definition) is 3. The number of thiophene rings is 1. The Hall–Kier alpha value is -1.23. The Kier molecular flexibility index (Phi) is 3.16. The van der Waals surface area contributed by atoms with Crippen LogP contribution in [0.3, 0.4) is 0 Å². The van der Waals surface area contributed by atoms with Crippen LogP contribution in [0.4, 0.5) is 0 Å². The second-order valence-corrected chi connectivity index (χ2v) is 6.11. The SMILES string of the molecule is S=c1cc2n(Cc3ccc(Cl)nc3)cccc-2s1. The monoisotopic (exact) mass is 292 g/mol. The normalized spacial score (nSPS) is 10.9. The Bertz CT molecular complexity index is 700. The zero-order valence-electron chi connectivity index (χ0n) is 9.34. The highest BCUT2D eigenvalue weighted by Crippen LogP contribution is 2.29. The summed E-state index contributed by atoms with van der Waals surface area (Å²) in [6.45, 7) is 0.771. The average Bonchev–Trinajstić information content (AvgIpc) is 2.73. The van der Waals surface area contributed by atoms with Crippen molar-refractivity contribution in [3.05, 3.63) is 57.3 Å². The van der Waals surface area contributed by atoms with E-state index in [1.807, 2.05) is 24.3 Å². The summed E-state index contributed by atoms with van der Waals surface area (Å²) in [5.74, 6) is 0. The Morgan fingerprint density at radius 2 is 2.22 bits per heavy atom. The Morgan fingerprint density at radius 3 is 3.00 bits per heavy atom. The second-order valence-electron chi connectivity index (χ2n) is 3.94. The number of nitrogens with zero attached hydrogens (tertiary/aromatic N) is 2. The van der Waals surface area contributed by atoms with Crippen LogP contribution in [-0.4, -0.2) is 9.55 Å². The molecule has 0 radical (unpaired) electrons. The molecule has 5 heteroatoms. The first-order valence-electron chi connectivity index (χ1n) is 5.42. The topological polar surface area (TPSA) is 17.8 Å².